The van der Waals surface area contributed by atoms with E-state index in [2.05, 4.69) is 22.5 Å². The van der Waals surface area contributed by atoms with Gasteiger partial charge in [-0.1, -0.05) is 34.8 Å². The lowest BCUT2D eigenvalue weighted by molar-refractivity contribution is 0.378. The van der Waals surface area contributed by atoms with Gasteiger partial charge in [0.15, 0.2) is 0 Å². The van der Waals surface area contributed by atoms with Gasteiger partial charge in [0.2, 0.25) is 0 Å². The molecule has 0 amide bonds. The first kappa shape index (κ1) is 8.32. The summed E-state index contributed by atoms with van der Waals surface area (Å²) in [7, 11) is 0. The maximum Gasteiger partial charge on any atom is 0.0177 e. The van der Waals surface area contributed by atoms with Crippen molar-refractivity contribution >= 4 is 15.9 Å². The average molecular weight is 203 g/mol. The molecule has 2 unspecified atom stereocenters. The van der Waals surface area contributed by atoms with Crippen molar-refractivity contribution in [3.05, 3.63) is 12.7 Å². The Morgan fingerprint density at radius 3 is 2.70 bits per heavy atom. The van der Waals surface area contributed by atoms with Crippen LogP contribution in [0.4, 0.5) is 0 Å². The number of rotatable bonds is 2. The van der Waals surface area contributed by atoms with Gasteiger partial charge in [-0.2, -0.15) is 0 Å². The van der Waals surface area contributed by atoms with Crippen LogP contribution in [0.1, 0.15) is 32.1 Å². The zero-order chi connectivity index (χ0) is 7.40. The number of allylic oxidation sites excluding steroid dienone is 1. The SMILES string of the molecule is C=CCC1CCCCC1Br. The molecule has 1 aliphatic carbocycles. The highest BCUT2D eigenvalue weighted by Crippen LogP contribution is 2.32. The molecule has 1 saturated carbocycles. The Hall–Kier alpha value is 0.220. The molecule has 0 heterocycles. The Balaban J connectivity index is 2.32. The molecule has 0 aliphatic heterocycles. The van der Waals surface area contributed by atoms with Crippen LogP contribution in [0.5, 0.6) is 0 Å². The lowest BCUT2D eigenvalue weighted by Gasteiger charge is -2.25. The molecule has 1 aliphatic rings. The summed E-state index contributed by atoms with van der Waals surface area (Å²) in [6.45, 7) is 3.77. The largest absolute Gasteiger partial charge is 0.103 e. The molecule has 0 spiro atoms. The Morgan fingerprint density at radius 2 is 2.10 bits per heavy atom. The fourth-order valence-electron chi connectivity index (χ4n) is 1.64. The summed E-state index contributed by atoms with van der Waals surface area (Å²) in [4.78, 5) is 0.763. The quantitative estimate of drug-likeness (QED) is 0.475. The molecule has 2 atom stereocenters. The summed E-state index contributed by atoms with van der Waals surface area (Å²) in [5, 5.41) is 0. The van der Waals surface area contributed by atoms with E-state index in [4.69, 9.17) is 0 Å². The van der Waals surface area contributed by atoms with Gasteiger partial charge in [0.25, 0.3) is 0 Å². The molecule has 0 saturated heterocycles. The van der Waals surface area contributed by atoms with E-state index in [0.717, 1.165) is 10.7 Å². The number of hydrogen-bond acceptors (Lipinski definition) is 0. The Bertz CT molecular complexity index is 109. The number of hydrogen-bond donors (Lipinski definition) is 0. The first-order valence-corrected chi connectivity index (χ1v) is 5.01. The minimum absolute atomic E-state index is 0.763. The van der Waals surface area contributed by atoms with Crippen molar-refractivity contribution in [2.45, 2.75) is 36.9 Å². The second kappa shape index (κ2) is 4.17. The highest BCUT2D eigenvalue weighted by atomic mass is 79.9. The standard InChI is InChI=1S/C9H15Br/c1-2-5-8-6-3-4-7-9(8)10/h2,8-9H,1,3-7H2. The van der Waals surface area contributed by atoms with E-state index in [0.29, 0.717) is 0 Å². The van der Waals surface area contributed by atoms with Gasteiger partial charge in [-0.15, -0.1) is 6.58 Å². The molecule has 0 radical (unpaired) electrons. The van der Waals surface area contributed by atoms with Gasteiger partial charge in [-0.25, -0.2) is 0 Å². The van der Waals surface area contributed by atoms with Crippen molar-refractivity contribution in [3.63, 3.8) is 0 Å². The van der Waals surface area contributed by atoms with Gasteiger partial charge in [0.1, 0.15) is 0 Å². The van der Waals surface area contributed by atoms with Crippen LogP contribution in [0.3, 0.4) is 0 Å². The molecule has 0 aromatic rings. The first-order chi connectivity index (χ1) is 4.84. The van der Waals surface area contributed by atoms with Gasteiger partial charge >= 0.3 is 0 Å². The third-order valence-corrected chi connectivity index (χ3v) is 3.49. The minimum Gasteiger partial charge on any atom is -0.103 e. The lowest BCUT2D eigenvalue weighted by Crippen LogP contribution is -2.18. The summed E-state index contributed by atoms with van der Waals surface area (Å²) in [5.41, 5.74) is 0. The molecule has 0 nitrogen and oxygen atoms in total. The summed E-state index contributed by atoms with van der Waals surface area (Å²) in [6, 6.07) is 0. The third-order valence-electron chi connectivity index (χ3n) is 2.29. The second-order valence-electron chi connectivity index (χ2n) is 3.08. The van der Waals surface area contributed by atoms with Crippen LogP contribution in [0, 0.1) is 5.92 Å². The maximum absolute atomic E-state index is 3.77. The van der Waals surface area contributed by atoms with Crippen molar-refractivity contribution in [2.24, 2.45) is 5.92 Å². The van der Waals surface area contributed by atoms with E-state index in [9.17, 15) is 0 Å². The predicted molar refractivity (Wildman–Crippen MR) is 49.5 cm³/mol. The van der Waals surface area contributed by atoms with Crippen LogP contribution in [0.25, 0.3) is 0 Å². The number of halogens is 1. The average Bonchev–Trinajstić information content (AvgIpc) is 1.94. The Morgan fingerprint density at radius 1 is 1.40 bits per heavy atom. The topological polar surface area (TPSA) is 0 Å². The van der Waals surface area contributed by atoms with Crippen LogP contribution < -0.4 is 0 Å². The van der Waals surface area contributed by atoms with Crippen molar-refractivity contribution in [1.29, 1.82) is 0 Å². The molecule has 58 valence electrons. The van der Waals surface area contributed by atoms with E-state index in [-0.39, 0.29) is 0 Å². The molecule has 1 fully saturated rings. The van der Waals surface area contributed by atoms with E-state index >= 15 is 0 Å². The normalized spacial score (nSPS) is 33.7. The summed E-state index contributed by atoms with van der Waals surface area (Å²) in [6.07, 6.45) is 8.81. The maximum atomic E-state index is 3.77. The molecule has 1 rings (SSSR count). The monoisotopic (exact) mass is 202 g/mol. The van der Waals surface area contributed by atoms with Crippen molar-refractivity contribution < 1.29 is 0 Å². The predicted octanol–water partition coefficient (Wildman–Crippen LogP) is 3.52. The van der Waals surface area contributed by atoms with Crippen LogP contribution >= 0.6 is 15.9 Å². The van der Waals surface area contributed by atoms with E-state index < -0.39 is 0 Å². The molecular weight excluding hydrogens is 188 g/mol. The molecule has 0 N–H and O–H groups in total. The van der Waals surface area contributed by atoms with E-state index in [1.54, 1.807) is 0 Å². The summed E-state index contributed by atoms with van der Waals surface area (Å²) < 4.78 is 0. The number of alkyl halides is 1. The summed E-state index contributed by atoms with van der Waals surface area (Å²) >= 11 is 3.71. The van der Waals surface area contributed by atoms with Gasteiger partial charge in [0.05, 0.1) is 0 Å². The highest BCUT2D eigenvalue weighted by molar-refractivity contribution is 9.09. The van der Waals surface area contributed by atoms with Gasteiger partial charge in [-0.3, -0.25) is 0 Å². The smallest absolute Gasteiger partial charge is 0.0177 e. The molecule has 0 bridgehead atoms. The molecule has 10 heavy (non-hydrogen) atoms. The third kappa shape index (κ3) is 2.12. The Kier molecular flexibility index (Phi) is 3.47. The zero-order valence-electron chi connectivity index (χ0n) is 6.35. The van der Waals surface area contributed by atoms with Crippen LogP contribution in [-0.4, -0.2) is 4.83 Å². The second-order valence-corrected chi connectivity index (χ2v) is 4.26. The fourth-order valence-corrected chi connectivity index (χ4v) is 2.45. The van der Waals surface area contributed by atoms with Crippen molar-refractivity contribution in [3.8, 4) is 0 Å². The van der Waals surface area contributed by atoms with Crippen LogP contribution in [-0.2, 0) is 0 Å². The van der Waals surface area contributed by atoms with E-state index in [1.165, 1.54) is 32.1 Å². The molecule has 1 heteroatoms. The minimum atomic E-state index is 0.763. The van der Waals surface area contributed by atoms with Gasteiger partial charge < -0.3 is 0 Å². The molecule has 0 aromatic heterocycles. The fraction of sp³-hybridized carbons (Fsp3) is 0.778. The zero-order valence-corrected chi connectivity index (χ0v) is 7.94. The first-order valence-electron chi connectivity index (χ1n) is 4.09. The molecular formula is C9H15Br. The Labute approximate surface area is 71.8 Å². The summed E-state index contributed by atoms with van der Waals surface area (Å²) in [5.74, 6) is 0.867. The van der Waals surface area contributed by atoms with E-state index in [1.807, 2.05) is 6.08 Å². The molecule has 0 aromatic carbocycles. The van der Waals surface area contributed by atoms with Gasteiger partial charge in [-0.05, 0) is 25.2 Å². The van der Waals surface area contributed by atoms with Crippen LogP contribution in [0.15, 0.2) is 12.7 Å². The van der Waals surface area contributed by atoms with Crippen molar-refractivity contribution in [2.75, 3.05) is 0 Å². The highest BCUT2D eigenvalue weighted by Gasteiger charge is 2.20. The van der Waals surface area contributed by atoms with Gasteiger partial charge in [0, 0.05) is 4.83 Å². The van der Waals surface area contributed by atoms with Crippen molar-refractivity contribution in [1.82, 2.24) is 0 Å². The van der Waals surface area contributed by atoms with Crippen LogP contribution in [0.2, 0.25) is 0 Å². The lowest BCUT2D eigenvalue weighted by atomic mass is 9.87.